The smallest absolute Gasteiger partial charge is 0.224 e. The molecule has 0 saturated heterocycles. The Morgan fingerprint density at radius 2 is 1.95 bits per heavy atom. The van der Waals surface area contributed by atoms with E-state index in [0.29, 0.717) is 6.42 Å². The molecule has 1 N–H and O–H groups in total. The molecule has 0 aliphatic carbocycles. The number of nitrogens with one attached hydrogen (secondary N) is 1. The number of hydrogen-bond acceptors (Lipinski definition) is 2. The molecule has 0 fully saturated rings. The molecule has 106 valence electrons. The van der Waals surface area contributed by atoms with Crippen molar-refractivity contribution in [1.29, 1.82) is 0 Å². The summed E-state index contributed by atoms with van der Waals surface area (Å²) in [5, 5.41) is 5.98. The number of rotatable bonds is 7. The van der Waals surface area contributed by atoms with E-state index in [1.807, 2.05) is 12.1 Å². The number of amides is 1. The summed E-state index contributed by atoms with van der Waals surface area (Å²) < 4.78 is 0. The summed E-state index contributed by atoms with van der Waals surface area (Å²) in [4.78, 5) is 13.2. The Hall–Kier alpha value is -1.13. The quantitative estimate of drug-likeness (QED) is 0.723. The van der Waals surface area contributed by atoms with Crippen LogP contribution in [-0.4, -0.2) is 11.2 Å². The van der Waals surface area contributed by atoms with Gasteiger partial charge in [-0.3, -0.25) is 4.79 Å². The topological polar surface area (TPSA) is 29.1 Å². The number of halogens is 1. The van der Waals surface area contributed by atoms with E-state index in [1.54, 1.807) is 11.3 Å². The summed E-state index contributed by atoms with van der Waals surface area (Å²) in [5.74, 6) is 0.0924. The van der Waals surface area contributed by atoms with Crippen molar-refractivity contribution in [2.45, 2.75) is 25.7 Å². The van der Waals surface area contributed by atoms with Gasteiger partial charge in [-0.2, -0.15) is 0 Å². The van der Waals surface area contributed by atoms with E-state index in [1.165, 1.54) is 10.4 Å². The van der Waals surface area contributed by atoms with Gasteiger partial charge in [0, 0.05) is 22.3 Å². The van der Waals surface area contributed by atoms with Crippen molar-refractivity contribution in [1.82, 2.24) is 0 Å². The van der Waals surface area contributed by atoms with Crippen LogP contribution in [-0.2, 0) is 17.6 Å². The molecule has 0 unspecified atom stereocenters. The molecular weight excluding hydrogens is 334 g/mol. The second kappa shape index (κ2) is 8.22. The van der Waals surface area contributed by atoms with Crippen LogP contribution in [0.25, 0.3) is 0 Å². The molecule has 0 aliphatic heterocycles. The first kappa shape index (κ1) is 15.3. The van der Waals surface area contributed by atoms with Crippen LogP contribution in [0.3, 0.4) is 0 Å². The van der Waals surface area contributed by atoms with E-state index in [0.717, 1.165) is 30.3 Å². The molecule has 4 heteroatoms. The number of aryl methyl sites for hydroxylation is 2. The molecule has 1 aromatic heterocycles. The molecule has 20 heavy (non-hydrogen) atoms. The van der Waals surface area contributed by atoms with Gasteiger partial charge in [-0.15, -0.1) is 11.3 Å². The lowest BCUT2D eigenvalue weighted by Gasteiger charge is -2.06. The van der Waals surface area contributed by atoms with Gasteiger partial charge in [0.1, 0.15) is 0 Å². The molecule has 1 heterocycles. The van der Waals surface area contributed by atoms with Crippen molar-refractivity contribution in [2.75, 3.05) is 10.6 Å². The molecule has 0 spiro atoms. The Labute approximate surface area is 132 Å². The number of thiophene rings is 1. The molecule has 2 rings (SSSR count). The molecule has 0 saturated carbocycles. The SMILES string of the molecule is O=C(CCCc1cccs1)Nc1ccc(CCBr)cc1. The number of alkyl halides is 1. The minimum absolute atomic E-state index is 0.0924. The van der Waals surface area contributed by atoms with Crippen LogP contribution in [0.5, 0.6) is 0 Å². The Bertz CT molecular complexity index is 522. The molecule has 0 atom stereocenters. The second-order valence-electron chi connectivity index (χ2n) is 4.62. The van der Waals surface area contributed by atoms with Gasteiger partial charge in [0.2, 0.25) is 5.91 Å². The summed E-state index contributed by atoms with van der Waals surface area (Å²) in [6.07, 6.45) is 3.46. The normalized spacial score (nSPS) is 10.4. The highest BCUT2D eigenvalue weighted by atomic mass is 79.9. The van der Waals surface area contributed by atoms with Crippen molar-refractivity contribution in [3.05, 3.63) is 52.2 Å². The van der Waals surface area contributed by atoms with Crippen molar-refractivity contribution in [2.24, 2.45) is 0 Å². The lowest BCUT2D eigenvalue weighted by molar-refractivity contribution is -0.116. The van der Waals surface area contributed by atoms with Crippen LogP contribution in [0.1, 0.15) is 23.3 Å². The molecule has 1 aromatic carbocycles. The largest absolute Gasteiger partial charge is 0.326 e. The number of anilines is 1. The fourth-order valence-corrected chi connectivity index (χ4v) is 3.17. The lowest BCUT2D eigenvalue weighted by Crippen LogP contribution is -2.11. The van der Waals surface area contributed by atoms with E-state index in [2.05, 4.69) is 50.9 Å². The summed E-state index contributed by atoms with van der Waals surface area (Å²) in [7, 11) is 0. The van der Waals surface area contributed by atoms with E-state index < -0.39 is 0 Å². The van der Waals surface area contributed by atoms with Crippen molar-refractivity contribution < 1.29 is 4.79 Å². The van der Waals surface area contributed by atoms with Gasteiger partial charge in [-0.05, 0) is 48.4 Å². The van der Waals surface area contributed by atoms with E-state index >= 15 is 0 Å². The van der Waals surface area contributed by atoms with Gasteiger partial charge >= 0.3 is 0 Å². The van der Waals surface area contributed by atoms with Gasteiger partial charge in [-0.1, -0.05) is 34.1 Å². The minimum atomic E-state index is 0.0924. The summed E-state index contributed by atoms with van der Waals surface area (Å²) in [6, 6.07) is 12.2. The number of hydrogen-bond donors (Lipinski definition) is 1. The summed E-state index contributed by atoms with van der Waals surface area (Å²) >= 11 is 5.17. The van der Waals surface area contributed by atoms with Crippen molar-refractivity contribution in [3.8, 4) is 0 Å². The maximum absolute atomic E-state index is 11.8. The van der Waals surface area contributed by atoms with Crippen LogP contribution in [0.15, 0.2) is 41.8 Å². The van der Waals surface area contributed by atoms with Crippen LogP contribution in [0.2, 0.25) is 0 Å². The van der Waals surface area contributed by atoms with Gasteiger partial charge < -0.3 is 5.32 Å². The van der Waals surface area contributed by atoms with E-state index in [9.17, 15) is 4.79 Å². The monoisotopic (exact) mass is 351 g/mol. The first-order valence-electron chi connectivity index (χ1n) is 6.75. The number of benzene rings is 1. The second-order valence-corrected chi connectivity index (χ2v) is 6.44. The maximum Gasteiger partial charge on any atom is 0.224 e. The molecular formula is C16H18BrNOS. The Kier molecular flexibility index (Phi) is 6.27. The first-order chi connectivity index (χ1) is 9.78. The van der Waals surface area contributed by atoms with Crippen molar-refractivity contribution >= 4 is 38.9 Å². The van der Waals surface area contributed by atoms with Crippen LogP contribution in [0.4, 0.5) is 5.69 Å². The molecule has 2 nitrogen and oxygen atoms in total. The zero-order chi connectivity index (χ0) is 14.2. The zero-order valence-electron chi connectivity index (χ0n) is 11.3. The van der Waals surface area contributed by atoms with Gasteiger partial charge in [0.25, 0.3) is 0 Å². The fourth-order valence-electron chi connectivity index (χ4n) is 1.97. The van der Waals surface area contributed by atoms with Gasteiger partial charge in [0.05, 0.1) is 0 Å². The third-order valence-corrected chi connectivity index (χ3v) is 4.36. The van der Waals surface area contributed by atoms with Crippen molar-refractivity contribution in [3.63, 3.8) is 0 Å². The minimum Gasteiger partial charge on any atom is -0.326 e. The molecule has 0 radical (unpaired) electrons. The first-order valence-corrected chi connectivity index (χ1v) is 8.75. The van der Waals surface area contributed by atoms with E-state index in [-0.39, 0.29) is 5.91 Å². The van der Waals surface area contributed by atoms with Crippen LogP contribution in [0, 0.1) is 0 Å². The fraction of sp³-hybridized carbons (Fsp3) is 0.312. The maximum atomic E-state index is 11.8. The average Bonchev–Trinajstić information content (AvgIpc) is 2.94. The number of carbonyl (C=O) groups is 1. The molecule has 2 aromatic rings. The summed E-state index contributed by atoms with van der Waals surface area (Å²) in [6.45, 7) is 0. The van der Waals surface area contributed by atoms with E-state index in [4.69, 9.17) is 0 Å². The Morgan fingerprint density at radius 1 is 1.15 bits per heavy atom. The third kappa shape index (κ3) is 5.10. The van der Waals surface area contributed by atoms with Crippen LogP contribution < -0.4 is 5.32 Å². The highest BCUT2D eigenvalue weighted by Crippen LogP contribution is 2.14. The van der Waals surface area contributed by atoms with Crippen LogP contribution >= 0.6 is 27.3 Å². The molecule has 1 amide bonds. The van der Waals surface area contributed by atoms with Gasteiger partial charge in [0.15, 0.2) is 0 Å². The molecule has 0 bridgehead atoms. The lowest BCUT2D eigenvalue weighted by atomic mass is 10.1. The standard InChI is InChI=1S/C16H18BrNOS/c17-11-10-13-6-8-14(9-7-13)18-16(19)5-1-3-15-4-2-12-20-15/h2,4,6-9,12H,1,3,5,10-11H2,(H,18,19). The predicted octanol–water partition coefficient (Wildman–Crippen LogP) is 4.65. The Morgan fingerprint density at radius 3 is 2.60 bits per heavy atom. The zero-order valence-corrected chi connectivity index (χ0v) is 13.7. The number of carbonyl (C=O) groups excluding carboxylic acids is 1. The molecule has 0 aliphatic rings. The predicted molar refractivity (Wildman–Crippen MR) is 89.8 cm³/mol. The highest BCUT2D eigenvalue weighted by Gasteiger charge is 2.03. The Balaban J connectivity index is 1.73. The third-order valence-electron chi connectivity index (χ3n) is 3.03. The van der Waals surface area contributed by atoms with Gasteiger partial charge in [-0.25, -0.2) is 0 Å². The highest BCUT2D eigenvalue weighted by molar-refractivity contribution is 9.09. The average molecular weight is 352 g/mol. The summed E-state index contributed by atoms with van der Waals surface area (Å²) in [5.41, 5.74) is 2.15.